The number of fused-ring (bicyclic) bond motifs is 2. The summed E-state index contributed by atoms with van der Waals surface area (Å²) in [6.07, 6.45) is 10.4. The highest BCUT2D eigenvalue weighted by Crippen LogP contribution is 2.48. The van der Waals surface area contributed by atoms with E-state index in [-0.39, 0.29) is 36.8 Å². The van der Waals surface area contributed by atoms with Gasteiger partial charge in [0, 0.05) is 38.3 Å². The summed E-state index contributed by atoms with van der Waals surface area (Å²) in [6.45, 7) is 4.13. The highest BCUT2D eigenvalue weighted by atomic mass is 35.5. The highest BCUT2D eigenvalue weighted by molar-refractivity contribution is 5.85. The lowest BCUT2D eigenvalue weighted by molar-refractivity contribution is -0.137. The largest absolute Gasteiger partial charge is 0.341 e. The average molecular weight is 378 g/mol. The van der Waals surface area contributed by atoms with Gasteiger partial charge in [0.15, 0.2) is 0 Å². The molecule has 0 aromatic carbocycles. The molecule has 0 aromatic heterocycles. The zero-order valence-corrected chi connectivity index (χ0v) is 16.2. The Morgan fingerprint density at radius 1 is 0.833 bits per heavy atom. The molecule has 3 aliphatic carbocycles. The summed E-state index contributed by atoms with van der Waals surface area (Å²) < 4.78 is 0. The van der Waals surface area contributed by atoms with Crippen molar-refractivity contribution in [3.05, 3.63) is 0 Å². The van der Waals surface area contributed by atoms with Crippen molar-refractivity contribution in [2.45, 2.75) is 63.5 Å². The van der Waals surface area contributed by atoms with Crippen LogP contribution in [0.4, 0.5) is 0 Å². The van der Waals surface area contributed by atoms with Crippen molar-refractivity contribution in [2.75, 3.05) is 26.2 Å². The number of nitrogens with zero attached hydrogens (tertiary/aromatic N) is 2. The van der Waals surface area contributed by atoms with Crippen LogP contribution in [0, 0.1) is 17.8 Å². The Morgan fingerprint density at radius 3 is 2.21 bits per heavy atom. The third kappa shape index (κ3) is 3.72. The maximum atomic E-state index is 13.0. The van der Waals surface area contributed by atoms with Gasteiger partial charge in [0.25, 0.3) is 0 Å². The quantitative estimate of drug-likeness (QED) is 0.804. The monoisotopic (exact) mass is 377 g/mol. The lowest BCUT2D eigenvalue weighted by atomic mass is 9.84. The summed E-state index contributed by atoms with van der Waals surface area (Å²) in [5.74, 6) is 1.73. The van der Waals surface area contributed by atoms with Gasteiger partial charge >= 0.3 is 0 Å². The Morgan fingerprint density at radius 2 is 1.54 bits per heavy atom. The third-order valence-corrected chi connectivity index (χ3v) is 6.95. The van der Waals surface area contributed by atoms with Crippen molar-refractivity contribution in [3.63, 3.8) is 0 Å². The molecule has 24 heavy (non-hydrogen) atoms. The van der Waals surface area contributed by atoms with Gasteiger partial charge in [0.2, 0.25) is 5.91 Å². The molecule has 1 aliphatic heterocycles. The highest BCUT2D eigenvalue weighted by Gasteiger charge is 2.50. The molecule has 2 bridgehead atoms. The number of halogens is 2. The van der Waals surface area contributed by atoms with E-state index < -0.39 is 0 Å². The topological polar surface area (TPSA) is 49.6 Å². The predicted octanol–water partition coefficient (Wildman–Crippen LogP) is 2.68. The maximum absolute atomic E-state index is 13.0. The van der Waals surface area contributed by atoms with E-state index in [0.29, 0.717) is 17.7 Å². The molecule has 4 fully saturated rings. The molecule has 4 rings (SSSR count). The number of carbonyl (C=O) groups excluding carboxylic acids is 1. The molecule has 6 heteroatoms. The first-order valence-corrected chi connectivity index (χ1v) is 9.52. The van der Waals surface area contributed by atoms with E-state index in [1.807, 2.05) is 0 Å². The maximum Gasteiger partial charge on any atom is 0.227 e. The summed E-state index contributed by atoms with van der Waals surface area (Å²) in [5, 5.41) is 0. The van der Waals surface area contributed by atoms with E-state index in [9.17, 15) is 4.79 Å². The minimum atomic E-state index is 0. The van der Waals surface area contributed by atoms with Gasteiger partial charge in [-0.25, -0.2) is 0 Å². The molecule has 4 unspecified atom stereocenters. The predicted molar refractivity (Wildman–Crippen MR) is 102 cm³/mol. The minimum Gasteiger partial charge on any atom is -0.341 e. The van der Waals surface area contributed by atoms with Crippen LogP contribution in [0.15, 0.2) is 0 Å². The van der Waals surface area contributed by atoms with Crippen molar-refractivity contribution in [1.29, 1.82) is 0 Å². The Kier molecular flexibility index (Phi) is 7.24. The number of amides is 1. The van der Waals surface area contributed by atoms with Crippen LogP contribution in [-0.4, -0.2) is 54.0 Å². The van der Waals surface area contributed by atoms with Crippen LogP contribution in [0.5, 0.6) is 0 Å². The number of hydrogen-bond acceptors (Lipinski definition) is 3. The second kappa shape index (κ2) is 8.57. The third-order valence-electron chi connectivity index (χ3n) is 6.95. The van der Waals surface area contributed by atoms with E-state index in [2.05, 4.69) is 9.80 Å². The van der Waals surface area contributed by atoms with Gasteiger partial charge in [-0.05, 0) is 50.4 Å². The molecular formula is C18H33Cl2N3O. The zero-order chi connectivity index (χ0) is 15.1. The smallest absolute Gasteiger partial charge is 0.227 e. The van der Waals surface area contributed by atoms with E-state index in [4.69, 9.17) is 5.73 Å². The van der Waals surface area contributed by atoms with Crippen LogP contribution in [0.25, 0.3) is 0 Å². The molecule has 1 amide bonds. The van der Waals surface area contributed by atoms with Crippen molar-refractivity contribution >= 4 is 30.7 Å². The second-order valence-corrected chi connectivity index (χ2v) is 8.09. The molecule has 0 spiro atoms. The lowest BCUT2D eigenvalue weighted by Gasteiger charge is -2.32. The lowest BCUT2D eigenvalue weighted by Crippen LogP contribution is -2.48. The first-order valence-electron chi connectivity index (χ1n) is 9.52. The van der Waals surface area contributed by atoms with Crippen molar-refractivity contribution in [3.8, 4) is 0 Å². The zero-order valence-electron chi connectivity index (χ0n) is 14.6. The fourth-order valence-electron chi connectivity index (χ4n) is 5.71. The molecule has 0 radical (unpaired) electrons. The van der Waals surface area contributed by atoms with E-state index in [0.717, 1.165) is 32.1 Å². The number of carbonyl (C=O) groups is 1. The van der Waals surface area contributed by atoms with Gasteiger partial charge < -0.3 is 10.6 Å². The number of nitrogens with two attached hydrogens (primary N) is 1. The molecule has 140 valence electrons. The normalized spacial score (nSPS) is 37.0. The van der Waals surface area contributed by atoms with Crippen LogP contribution in [0.1, 0.15) is 51.4 Å². The van der Waals surface area contributed by atoms with Gasteiger partial charge in [-0.3, -0.25) is 9.69 Å². The van der Waals surface area contributed by atoms with E-state index in [1.54, 1.807) is 0 Å². The Balaban J connectivity index is 0.00000104. The summed E-state index contributed by atoms with van der Waals surface area (Å²) in [6, 6.07) is 0.931. The van der Waals surface area contributed by atoms with Gasteiger partial charge in [-0.2, -0.15) is 0 Å². The van der Waals surface area contributed by atoms with Crippen LogP contribution < -0.4 is 5.73 Å². The van der Waals surface area contributed by atoms with Crippen molar-refractivity contribution in [2.24, 2.45) is 23.5 Å². The molecule has 1 saturated heterocycles. The number of hydrogen-bond donors (Lipinski definition) is 1. The summed E-state index contributed by atoms with van der Waals surface area (Å²) in [4.78, 5) is 17.8. The SMILES string of the molecule is Cl.Cl.NC1C2CCC(C2)C1C(=O)N1CCCN(C2CCCC2)CC1. The van der Waals surface area contributed by atoms with Crippen LogP contribution in [0.3, 0.4) is 0 Å². The summed E-state index contributed by atoms with van der Waals surface area (Å²) in [5.41, 5.74) is 6.38. The molecule has 3 saturated carbocycles. The number of rotatable bonds is 2. The summed E-state index contributed by atoms with van der Waals surface area (Å²) >= 11 is 0. The fourth-order valence-corrected chi connectivity index (χ4v) is 5.71. The van der Waals surface area contributed by atoms with Gasteiger partial charge in [0.05, 0.1) is 5.92 Å². The summed E-state index contributed by atoms with van der Waals surface area (Å²) in [7, 11) is 0. The van der Waals surface area contributed by atoms with E-state index in [1.165, 1.54) is 51.5 Å². The molecule has 2 N–H and O–H groups in total. The molecule has 4 atom stereocenters. The standard InChI is InChI=1S/C18H31N3O.2ClH/c19-17-14-7-6-13(12-14)16(17)18(22)21-9-3-8-20(10-11-21)15-4-1-2-5-15;;/h13-17H,1-12,19H2;2*1H. The van der Waals surface area contributed by atoms with Gasteiger partial charge in [-0.15, -0.1) is 24.8 Å². The molecular weight excluding hydrogens is 345 g/mol. The Bertz CT molecular complexity index is 428. The van der Waals surface area contributed by atoms with Gasteiger partial charge in [0.1, 0.15) is 0 Å². The molecule has 0 aromatic rings. The Labute approximate surface area is 158 Å². The molecule has 1 heterocycles. The van der Waals surface area contributed by atoms with Gasteiger partial charge in [-0.1, -0.05) is 12.8 Å². The molecule has 4 nitrogen and oxygen atoms in total. The molecule has 4 aliphatic rings. The van der Waals surface area contributed by atoms with Crippen LogP contribution in [-0.2, 0) is 4.79 Å². The van der Waals surface area contributed by atoms with E-state index >= 15 is 0 Å². The minimum absolute atomic E-state index is 0. The average Bonchev–Trinajstić information content (AvgIpc) is 3.21. The first kappa shape index (κ1) is 20.3. The Hall–Kier alpha value is -0.0300. The first-order chi connectivity index (χ1) is 10.7. The second-order valence-electron chi connectivity index (χ2n) is 8.09. The van der Waals surface area contributed by atoms with Crippen LogP contribution in [0.2, 0.25) is 0 Å². The van der Waals surface area contributed by atoms with Crippen LogP contribution >= 0.6 is 24.8 Å². The van der Waals surface area contributed by atoms with Crippen molar-refractivity contribution < 1.29 is 4.79 Å². The van der Waals surface area contributed by atoms with Crippen molar-refractivity contribution in [1.82, 2.24) is 9.80 Å². The fraction of sp³-hybridized carbons (Fsp3) is 0.944.